The monoisotopic (exact) mass is 427 g/mol. The molecule has 0 saturated carbocycles. The molecule has 30 heavy (non-hydrogen) atoms. The van der Waals surface area contributed by atoms with Crippen LogP contribution in [0.15, 0.2) is 23.6 Å². The van der Waals surface area contributed by atoms with Gasteiger partial charge in [-0.25, -0.2) is 4.98 Å². The summed E-state index contributed by atoms with van der Waals surface area (Å²) in [5, 5.41) is 15.9. The van der Waals surface area contributed by atoms with Crippen molar-refractivity contribution in [3.63, 3.8) is 0 Å². The molecule has 2 aromatic rings. The van der Waals surface area contributed by atoms with Crippen LogP contribution in [0.4, 0.5) is 5.13 Å². The summed E-state index contributed by atoms with van der Waals surface area (Å²) >= 11 is 1.77. The van der Waals surface area contributed by atoms with Gasteiger partial charge in [-0.05, 0) is 66.7 Å². The van der Waals surface area contributed by atoms with Crippen LogP contribution in [-0.4, -0.2) is 42.4 Å². The normalized spacial score (nSPS) is 20.9. The summed E-state index contributed by atoms with van der Waals surface area (Å²) in [6.45, 7) is 12.8. The molecule has 2 N–H and O–H groups in total. The highest BCUT2D eigenvalue weighted by atomic mass is 32.1. The Hall–Kier alpha value is -1.43. The number of piperidine rings is 1. The van der Waals surface area contributed by atoms with Gasteiger partial charge in [0.1, 0.15) is 0 Å². The van der Waals surface area contributed by atoms with E-state index in [0.717, 1.165) is 49.7 Å². The fourth-order valence-electron chi connectivity index (χ4n) is 4.95. The number of rotatable bonds is 6. The molecule has 1 fully saturated rings. The molecular weight excluding hydrogens is 390 g/mol. The van der Waals surface area contributed by atoms with Gasteiger partial charge in [-0.15, -0.1) is 11.3 Å². The predicted molar refractivity (Wildman–Crippen MR) is 128 cm³/mol. The number of hydrogen-bond donors (Lipinski definition) is 2. The van der Waals surface area contributed by atoms with E-state index in [1.165, 1.54) is 29.5 Å². The first-order valence-corrected chi connectivity index (χ1v) is 12.4. The van der Waals surface area contributed by atoms with Crippen molar-refractivity contribution in [2.75, 3.05) is 31.1 Å². The zero-order valence-corrected chi connectivity index (χ0v) is 19.8. The average Bonchev–Trinajstić information content (AvgIpc) is 3.22. The van der Waals surface area contributed by atoms with Crippen molar-refractivity contribution < 1.29 is 5.11 Å². The largest absolute Gasteiger partial charge is 0.396 e. The molecule has 2 aliphatic rings. The first kappa shape index (κ1) is 21.8. The quantitative estimate of drug-likeness (QED) is 0.630. The van der Waals surface area contributed by atoms with Crippen LogP contribution in [0.1, 0.15) is 70.9 Å². The number of anilines is 1. The van der Waals surface area contributed by atoms with E-state index in [4.69, 9.17) is 10.1 Å². The Bertz CT molecular complexity index is 865. The molecule has 1 aliphatic carbocycles. The Morgan fingerprint density at radius 1 is 1.10 bits per heavy atom. The summed E-state index contributed by atoms with van der Waals surface area (Å²) < 4.78 is 0. The van der Waals surface area contributed by atoms with Gasteiger partial charge in [0, 0.05) is 36.7 Å². The molecule has 4 rings (SSSR count). The van der Waals surface area contributed by atoms with Crippen molar-refractivity contribution in [3.05, 3.63) is 34.7 Å². The van der Waals surface area contributed by atoms with Crippen LogP contribution < -0.4 is 10.2 Å². The smallest absolute Gasteiger partial charge is 0.185 e. The molecule has 2 heterocycles. The number of aliphatic hydroxyl groups excluding tert-OH is 1. The fraction of sp³-hybridized carbons (Fsp3) is 0.640. The van der Waals surface area contributed by atoms with Gasteiger partial charge in [-0.3, -0.25) is 0 Å². The van der Waals surface area contributed by atoms with Crippen LogP contribution in [0, 0.1) is 0 Å². The Balaban J connectivity index is 1.48. The molecule has 1 aromatic heterocycles. The van der Waals surface area contributed by atoms with E-state index in [-0.39, 0.29) is 17.4 Å². The minimum absolute atomic E-state index is 0.227. The van der Waals surface area contributed by atoms with Crippen LogP contribution in [-0.2, 0) is 10.8 Å². The molecule has 0 atom stereocenters. The van der Waals surface area contributed by atoms with E-state index in [1.807, 2.05) is 0 Å². The van der Waals surface area contributed by atoms with E-state index in [0.29, 0.717) is 6.04 Å². The molecule has 164 valence electrons. The lowest BCUT2D eigenvalue weighted by Gasteiger charge is -2.42. The second-order valence-corrected chi connectivity index (χ2v) is 11.2. The molecule has 5 heteroatoms. The van der Waals surface area contributed by atoms with Gasteiger partial charge < -0.3 is 15.3 Å². The molecule has 0 amide bonds. The number of nitrogens with one attached hydrogen (secondary N) is 1. The zero-order valence-electron chi connectivity index (χ0n) is 19.0. The zero-order chi connectivity index (χ0) is 21.4. The average molecular weight is 428 g/mol. The number of thiazole rings is 1. The van der Waals surface area contributed by atoms with E-state index in [9.17, 15) is 0 Å². The highest BCUT2D eigenvalue weighted by Gasteiger charge is 2.37. The molecular formula is C25H37N3OS. The number of hydrogen-bond acceptors (Lipinski definition) is 5. The van der Waals surface area contributed by atoms with Crippen molar-refractivity contribution in [1.29, 1.82) is 0 Å². The molecule has 0 radical (unpaired) electrons. The molecule has 1 saturated heterocycles. The molecule has 4 nitrogen and oxygen atoms in total. The van der Waals surface area contributed by atoms with Gasteiger partial charge in [0.15, 0.2) is 5.13 Å². The first-order chi connectivity index (χ1) is 14.3. The van der Waals surface area contributed by atoms with Crippen LogP contribution in [0.25, 0.3) is 11.3 Å². The van der Waals surface area contributed by atoms with E-state index in [2.05, 4.69) is 61.5 Å². The van der Waals surface area contributed by atoms with Gasteiger partial charge in [-0.2, -0.15) is 0 Å². The number of benzene rings is 1. The van der Waals surface area contributed by atoms with Gasteiger partial charge >= 0.3 is 0 Å². The van der Waals surface area contributed by atoms with Crippen molar-refractivity contribution in [2.24, 2.45) is 0 Å². The van der Waals surface area contributed by atoms with Crippen molar-refractivity contribution >= 4 is 16.5 Å². The Kier molecular flexibility index (Phi) is 6.25. The van der Waals surface area contributed by atoms with Crippen molar-refractivity contribution in [3.8, 4) is 11.3 Å². The second-order valence-electron chi connectivity index (χ2n) is 10.3. The van der Waals surface area contributed by atoms with Crippen LogP contribution >= 0.6 is 11.3 Å². The van der Waals surface area contributed by atoms with E-state index < -0.39 is 0 Å². The van der Waals surface area contributed by atoms with E-state index in [1.54, 1.807) is 11.3 Å². The van der Waals surface area contributed by atoms with Gasteiger partial charge in [0.05, 0.1) is 5.69 Å². The summed E-state index contributed by atoms with van der Waals surface area (Å²) in [7, 11) is 0. The highest BCUT2D eigenvalue weighted by molar-refractivity contribution is 7.14. The maximum atomic E-state index is 8.95. The maximum absolute atomic E-state index is 8.95. The van der Waals surface area contributed by atoms with Crippen molar-refractivity contribution in [1.82, 2.24) is 10.3 Å². The SMILES string of the molecule is CC1(C)CCC(C)(C)c2cc(-c3csc(N4CCC(NCCCO)CC4)n3)ccc21. The third-order valence-electron chi connectivity index (χ3n) is 7.17. The fourth-order valence-corrected chi connectivity index (χ4v) is 5.84. The molecule has 0 spiro atoms. The summed E-state index contributed by atoms with van der Waals surface area (Å²) in [6.07, 6.45) is 5.60. The summed E-state index contributed by atoms with van der Waals surface area (Å²) in [5.74, 6) is 0. The number of nitrogens with zero attached hydrogens (tertiary/aromatic N) is 2. The third kappa shape index (κ3) is 4.44. The van der Waals surface area contributed by atoms with Crippen LogP contribution in [0.2, 0.25) is 0 Å². The lowest BCUT2D eigenvalue weighted by Crippen LogP contribution is -2.42. The predicted octanol–water partition coefficient (Wildman–Crippen LogP) is 5.10. The standard InChI is InChI=1S/C25H37N3OS/c1-24(2)10-11-25(3,4)21-16-18(6-7-20(21)24)22-17-30-23(27-22)28-13-8-19(9-14-28)26-12-5-15-29/h6-7,16-17,19,26,29H,5,8-15H2,1-4H3. The number of aliphatic hydroxyl groups is 1. The Morgan fingerprint density at radius 2 is 1.80 bits per heavy atom. The lowest BCUT2D eigenvalue weighted by atomic mass is 9.63. The molecule has 1 aromatic carbocycles. The minimum Gasteiger partial charge on any atom is -0.396 e. The number of aromatic nitrogens is 1. The highest BCUT2D eigenvalue weighted by Crippen LogP contribution is 2.46. The van der Waals surface area contributed by atoms with Crippen LogP contribution in [0.5, 0.6) is 0 Å². The van der Waals surface area contributed by atoms with E-state index >= 15 is 0 Å². The molecule has 1 aliphatic heterocycles. The van der Waals surface area contributed by atoms with Crippen molar-refractivity contribution in [2.45, 2.75) is 76.7 Å². The van der Waals surface area contributed by atoms with Gasteiger partial charge in [-0.1, -0.05) is 39.8 Å². The summed E-state index contributed by atoms with van der Waals surface area (Å²) in [4.78, 5) is 7.46. The molecule has 0 unspecified atom stereocenters. The molecule has 0 bridgehead atoms. The topological polar surface area (TPSA) is 48.4 Å². The van der Waals surface area contributed by atoms with Gasteiger partial charge in [0.25, 0.3) is 0 Å². The summed E-state index contributed by atoms with van der Waals surface area (Å²) in [6, 6.07) is 7.61. The first-order valence-electron chi connectivity index (χ1n) is 11.5. The van der Waals surface area contributed by atoms with Crippen LogP contribution in [0.3, 0.4) is 0 Å². The Labute approximate surface area is 185 Å². The van der Waals surface area contributed by atoms with Gasteiger partial charge in [0.2, 0.25) is 0 Å². The number of fused-ring (bicyclic) bond motifs is 1. The summed E-state index contributed by atoms with van der Waals surface area (Å²) in [5.41, 5.74) is 5.86. The maximum Gasteiger partial charge on any atom is 0.185 e. The second kappa shape index (κ2) is 8.60. The minimum atomic E-state index is 0.227. The third-order valence-corrected chi connectivity index (χ3v) is 8.08. The Morgan fingerprint density at radius 3 is 2.50 bits per heavy atom. The lowest BCUT2D eigenvalue weighted by molar-refractivity contribution is 0.280.